The van der Waals surface area contributed by atoms with E-state index in [-0.39, 0.29) is 13.6 Å². The van der Waals surface area contributed by atoms with E-state index < -0.39 is 8.25 Å². The molecule has 0 saturated carbocycles. The van der Waals surface area contributed by atoms with Crippen molar-refractivity contribution in [3.8, 4) is 0 Å². The average Bonchev–Trinajstić information content (AvgIpc) is 2.59. The fourth-order valence-electron chi connectivity index (χ4n) is 2.28. The van der Waals surface area contributed by atoms with Crippen molar-refractivity contribution in [3.05, 3.63) is 0 Å². The van der Waals surface area contributed by atoms with Crippen molar-refractivity contribution in [1.29, 1.82) is 0 Å². The smallest absolute Gasteiger partial charge is 0.351 e. The van der Waals surface area contributed by atoms with Crippen molar-refractivity contribution in [2.24, 2.45) is 0 Å². The van der Waals surface area contributed by atoms with E-state index >= 15 is 0 Å². The van der Waals surface area contributed by atoms with Crippen LogP contribution in [-0.4, -0.2) is 26.8 Å². The largest absolute Gasteiger partial charge is 0.702 e. The minimum Gasteiger partial charge on any atom is -0.351 e. The zero-order valence-electron chi connectivity index (χ0n) is 15.8. The van der Waals surface area contributed by atoms with Crippen LogP contribution in [0.3, 0.4) is 0 Å². The molecule has 0 spiro atoms. The molecule has 0 aromatic heterocycles. The summed E-state index contributed by atoms with van der Waals surface area (Å²) in [6.45, 7) is 5.74. The van der Waals surface area contributed by atoms with Gasteiger partial charge in [-0.2, -0.15) is 0 Å². The van der Waals surface area contributed by atoms with Gasteiger partial charge in [0, 0.05) is 17.8 Å². The fraction of sp³-hybridized carbons (Fsp3) is 1.00. The summed E-state index contributed by atoms with van der Waals surface area (Å²) in [5.41, 5.74) is 0. The number of hydrogen-bond donors (Lipinski definition) is 0. The van der Waals surface area contributed by atoms with Gasteiger partial charge >= 0.3 is 8.25 Å². The van der Waals surface area contributed by atoms with Crippen LogP contribution in [0.25, 0.3) is 0 Å². The average molecular weight is 365 g/mol. The van der Waals surface area contributed by atoms with Gasteiger partial charge in [-0.3, -0.25) is 0 Å². The second kappa shape index (κ2) is 21.0. The van der Waals surface area contributed by atoms with Gasteiger partial charge in [-0.05, 0) is 12.8 Å². The van der Waals surface area contributed by atoms with Gasteiger partial charge < -0.3 is 9.47 Å². The lowest BCUT2D eigenvalue weighted by molar-refractivity contribution is -0.0192. The molecule has 0 aliphatic rings. The van der Waals surface area contributed by atoms with Crippen LogP contribution in [0.15, 0.2) is 0 Å². The third kappa shape index (κ3) is 20.0. The Kier molecular flexibility index (Phi) is 20.9. The van der Waals surface area contributed by atoms with E-state index in [4.69, 9.17) is 18.5 Å². The molecule has 0 atom stereocenters. The molecule has 6 heteroatoms. The summed E-state index contributed by atoms with van der Waals surface area (Å²) >= 11 is 0. The molecule has 0 amide bonds. The van der Waals surface area contributed by atoms with Crippen LogP contribution in [0.1, 0.15) is 90.9 Å². The highest BCUT2D eigenvalue weighted by atomic mass is 31.1. The van der Waals surface area contributed by atoms with Crippen LogP contribution < -0.4 is 0 Å². The van der Waals surface area contributed by atoms with Crippen molar-refractivity contribution >= 4 is 8.25 Å². The summed E-state index contributed by atoms with van der Waals surface area (Å²) in [6.07, 6.45) is 14.6. The molecule has 0 saturated heterocycles. The minimum absolute atomic E-state index is 0.0155. The van der Waals surface area contributed by atoms with Gasteiger partial charge in [0.25, 0.3) is 0 Å². The predicted molar refractivity (Wildman–Crippen MR) is 98.2 cm³/mol. The van der Waals surface area contributed by atoms with E-state index in [2.05, 4.69) is 13.8 Å². The van der Waals surface area contributed by atoms with Gasteiger partial charge in [-0.1, -0.05) is 87.1 Å². The van der Waals surface area contributed by atoms with Crippen LogP contribution >= 0.6 is 8.25 Å². The normalized spacial score (nSPS) is 11.1. The lowest BCUT2D eigenvalue weighted by atomic mass is 10.1. The molecular weight excluding hydrogens is 327 g/mol. The molecule has 0 aromatic carbocycles. The zero-order chi connectivity index (χ0) is 17.7. The standard InChI is InChI=1S/C18H38O5P/c1-3-5-7-9-11-13-15-20-17-22-24(19)23-18-21-16-14-12-10-8-6-4-2/h3-18H2,1-2H3/q+1. The Morgan fingerprint density at radius 3 is 1.38 bits per heavy atom. The first kappa shape index (κ1) is 23.9. The Balaban J connectivity index is 3.13. The van der Waals surface area contributed by atoms with Gasteiger partial charge in [0.1, 0.15) is 0 Å². The maximum Gasteiger partial charge on any atom is 0.702 e. The molecule has 0 aromatic rings. The van der Waals surface area contributed by atoms with Crippen molar-refractivity contribution in [2.45, 2.75) is 90.9 Å². The third-order valence-corrected chi connectivity index (χ3v) is 4.40. The van der Waals surface area contributed by atoms with Crippen molar-refractivity contribution in [1.82, 2.24) is 0 Å². The highest BCUT2D eigenvalue weighted by Crippen LogP contribution is 2.23. The maximum atomic E-state index is 11.4. The molecule has 144 valence electrons. The van der Waals surface area contributed by atoms with Gasteiger partial charge in [0.05, 0.1) is 0 Å². The van der Waals surface area contributed by atoms with Crippen molar-refractivity contribution < 1.29 is 23.1 Å². The Labute approximate surface area is 149 Å². The van der Waals surface area contributed by atoms with Gasteiger partial charge in [0.2, 0.25) is 13.6 Å². The van der Waals surface area contributed by atoms with Gasteiger partial charge in [-0.15, -0.1) is 0 Å². The Bertz CT molecular complexity index is 240. The van der Waals surface area contributed by atoms with Crippen molar-refractivity contribution in [3.63, 3.8) is 0 Å². The highest BCUT2D eigenvalue weighted by molar-refractivity contribution is 7.33. The Morgan fingerprint density at radius 1 is 0.583 bits per heavy atom. The van der Waals surface area contributed by atoms with E-state index in [0.717, 1.165) is 12.8 Å². The van der Waals surface area contributed by atoms with Crippen LogP contribution in [-0.2, 0) is 23.1 Å². The first-order chi connectivity index (χ1) is 11.8. The molecule has 5 nitrogen and oxygen atoms in total. The molecule has 0 heterocycles. The molecule has 0 N–H and O–H groups in total. The second-order valence-electron chi connectivity index (χ2n) is 6.07. The molecule has 0 aliphatic carbocycles. The molecule has 0 aliphatic heterocycles. The fourth-order valence-corrected chi connectivity index (χ4v) is 2.68. The summed E-state index contributed by atoms with van der Waals surface area (Å²) in [4.78, 5) is 0. The molecule has 0 rings (SSSR count). The number of hydrogen-bond acceptors (Lipinski definition) is 5. The third-order valence-electron chi connectivity index (χ3n) is 3.77. The van der Waals surface area contributed by atoms with Crippen LogP contribution in [0.5, 0.6) is 0 Å². The molecular formula is C18H38O5P+. The lowest BCUT2D eigenvalue weighted by Gasteiger charge is -2.01. The molecule has 0 radical (unpaired) electrons. The van der Waals surface area contributed by atoms with Gasteiger partial charge in [-0.25, -0.2) is 0 Å². The monoisotopic (exact) mass is 365 g/mol. The Morgan fingerprint density at radius 2 is 0.958 bits per heavy atom. The predicted octanol–water partition coefficient (Wildman–Crippen LogP) is 6.35. The summed E-state index contributed by atoms with van der Waals surface area (Å²) in [7, 11) is -2.15. The molecule has 0 fully saturated rings. The van der Waals surface area contributed by atoms with Crippen LogP contribution in [0.2, 0.25) is 0 Å². The summed E-state index contributed by atoms with van der Waals surface area (Å²) in [5.74, 6) is 0. The first-order valence-corrected chi connectivity index (χ1v) is 10.8. The van der Waals surface area contributed by atoms with Crippen LogP contribution in [0, 0.1) is 0 Å². The zero-order valence-corrected chi connectivity index (χ0v) is 16.7. The van der Waals surface area contributed by atoms with Crippen molar-refractivity contribution in [2.75, 3.05) is 26.8 Å². The lowest BCUT2D eigenvalue weighted by Crippen LogP contribution is -2.01. The quantitative estimate of drug-likeness (QED) is 0.143. The summed E-state index contributed by atoms with van der Waals surface area (Å²) < 4.78 is 31.8. The summed E-state index contributed by atoms with van der Waals surface area (Å²) in [5, 5.41) is 0. The topological polar surface area (TPSA) is 54.0 Å². The van der Waals surface area contributed by atoms with Gasteiger partial charge in [0.15, 0.2) is 0 Å². The first-order valence-electron chi connectivity index (χ1n) is 9.69. The maximum absolute atomic E-state index is 11.4. The highest BCUT2D eigenvalue weighted by Gasteiger charge is 2.19. The summed E-state index contributed by atoms with van der Waals surface area (Å²) in [6, 6.07) is 0. The number of unbranched alkanes of at least 4 members (excludes halogenated alkanes) is 10. The minimum atomic E-state index is -2.15. The van der Waals surface area contributed by atoms with Crippen LogP contribution in [0.4, 0.5) is 0 Å². The second-order valence-corrected chi connectivity index (χ2v) is 7.03. The Hall–Kier alpha value is -0.0600. The molecule has 24 heavy (non-hydrogen) atoms. The van der Waals surface area contributed by atoms with E-state index in [9.17, 15) is 4.57 Å². The van der Waals surface area contributed by atoms with E-state index in [0.29, 0.717) is 13.2 Å². The molecule has 0 unspecified atom stereocenters. The van der Waals surface area contributed by atoms with E-state index in [1.165, 1.54) is 64.2 Å². The number of rotatable bonds is 20. The molecule has 0 bridgehead atoms. The van der Waals surface area contributed by atoms with E-state index in [1.54, 1.807) is 0 Å². The SMILES string of the molecule is CCCCCCCCOCO[P+](=O)OCOCCCCCCCC. The van der Waals surface area contributed by atoms with E-state index in [1.807, 2.05) is 0 Å². The number of ether oxygens (including phenoxy) is 2.